The molecule has 0 aliphatic heterocycles. The van der Waals surface area contributed by atoms with Gasteiger partial charge in [-0.2, -0.15) is 4.31 Å². The maximum absolute atomic E-state index is 12.4. The van der Waals surface area contributed by atoms with E-state index in [1.54, 1.807) is 11.6 Å². The van der Waals surface area contributed by atoms with Crippen molar-refractivity contribution in [3.05, 3.63) is 44.3 Å². The van der Waals surface area contributed by atoms with Crippen molar-refractivity contribution in [1.29, 1.82) is 0 Å². The van der Waals surface area contributed by atoms with Gasteiger partial charge in [-0.1, -0.05) is 11.6 Å². The molecule has 0 saturated carbocycles. The van der Waals surface area contributed by atoms with Gasteiger partial charge in [-0.15, -0.1) is 11.3 Å². The molecule has 0 N–H and O–H groups in total. The van der Waals surface area contributed by atoms with Gasteiger partial charge in [0.1, 0.15) is 0 Å². The van der Waals surface area contributed by atoms with Crippen LogP contribution in [-0.4, -0.2) is 24.8 Å². The summed E-state index contributed by atoms with van der Waals surface area (Å²) in [5.74, 6) is 0. The van der Waals surface area contributed by atoms with Gasteiger partial charge >= 0.3 is 0 Å². The SMILES string of the molecule is CN(Cc1cscn1)S(=O)(=O)c1ccc(Cl)c(Br)c1. The molecular weight excluding hydrogens is 372 g/mol. The van der Waals surface area contributed by atoms with Crippen molar-refractivity contribution in [2.75, 3.05) is 7.05 Å². The number of rotatable bonds is 4. The molecule has 0 radical (unpaired) electrons. The smallest absolute Gasteiger partial charge is 0.243 e. The first-order chi connectivity index (χ1) is 8.91. The molecule has 102 valence electrons. The van der Waals surface area contributed by atoms with Gasteiger partial charge in [0.15, 0.2) is 0 Å². The van der Waals surface area contributed by atoms with E-state index in [4.69, 9.17) is 11.6 Å². The van der Waals surface area contributed by atoms with Crippen LogP contribution in [0, 0.1) is 0 Å². The highest BCUT2D eigenvalue weighted by Gasteiger charge is 2.22. The summed E-state index contributed by atoms with van der Waals surface area (Å²) < 4.78 is 26.5. The third kappa shape index (κ3) is 3.35. The Morgan fingerprint density at radius 3 is 2.79 bits per heavy atom. The molecule has 4 nitrogen and oxygen atoms in total. The predicted molar refractivity (Wildman–Crippen MR) is 79.9 cm³/mol. The summed E-state index contributed by atoms with van der Waals surface area (Å²) in [5.41, 5.74) is 2.40. The van der Waals surface area contributed by atoms with E-state index < -0.39 is 10.0 Å². The normalized spacial score (nSPS) is 12.0. The van der Waals surface area contributed by atoms with Crippen LogP contribution < -0.4 is 0 Å². The molecule has 0 amide bonds. The molecule has 0 bridgehead atoms. The second-order valence-electron chi connectivity index (χ2n) is 3.82. The quantitative estimate of drug-likeness (QED) is 0.816. The summed E-state index contributed by atoms with van der Waals surface area (Å²) in [7, 11) is -2.02. The fraction of sp³-hybridized carbons (Fsp3) is 0.182. The molecule has 1 aromatic carbocycles. The molecule has 0 saturated heterocycles. The zero-order valence-corrected chi connectivity index (χ0v) is 13.9. The van der Waals surface area contributed by atoms with Crippen molar-refractivity contribution in [2.24, 2.45) is 0 Å². The Hall–Kier alpha value is -0.470. The van der Waals surface area contributed by atoms with Crippen molar-refractivity contribution in [1.82, 2.24) is 9.29 Å². The van der Waals surface area contributed by atoms with E-state index >= 15 is 0 Å². The average Bonchev–Trinajstić information content (AvgIpc) is 2.85. The van der Waals surface area contributed by atoms with Gasteiger partial charge in [0.25, 0.3) is 0 Å². The number of hydrogen-bond acceptors (Lipinski definition) is 4. The second kappa shape index (κ2) is 5.88. The minimum atomic E-state index is -3.55. The summed E-state index contributed by atoms with van der Waals surface area (Å²) in [5, 5.41) is 2.30. The zero-order chi connectivity index (χ0) is 14.0. The Morgan fingerprint density at radius 1 is 1.47 bits per heavy atom. The summed E-state index contributed by atoms with van der Waals surface area (Å²) in [6.07, 6.45) is 0. The number of sulfonamides is 1. The summed E-state index contributed by atoms with van der Waals surface area (Å²) in [6.45, 7) is 0.242. The van der Waals surface area contributed by atoms with Crippen LogP contribution in [0.15, 0.2) is 38.5 Å². The third-order valence-electron chi connectivity index (χ3n) is 2.47. The first-order valence-corrected chi connectivity index (χ1v) is 8.75. The third-order valence-corrected chi connectivity index (χ3v) is 6.12. The molecule has 1 heterocycles. The van der Waals surface area contributed by atoms with Crippen molar-refractivity contribution >= 4 is 48.9 Å². The fourth-order valence-corrected chi connectivity index (χ4v) is 3.81. The van der Waals surface area contributed by atoms with Crippen LogP contribution in [0.3, 0.4) is 0 Å². The summed E-state index contributed by atoms with van der Waals surface area (Å²) in [6, 6.07) is 4.53. The van der Waals surface area contributed by atoms with Crippen molar-refractivity contribution in [2.45, 2.75) is 11.4 Å². The minimum absolute atomic E-state index is 0.196. The lowest BCUT2D eigenvalue weighted by molar-refractivity contribution is 0.463. The van der Waals surface area contributed by atoms with Crippen LogP contribution in [0.1, 0.15) is 5.69 Å². The van der Waals surface area contributed by atoms with E-state index in [9.17, 15) is 8.42 Å². The Bertz CT molecular complexity index is 674. The van der Waals surface area contributed by atoms with Gasteiger partial charge in [-0.3, -0.25) is 0 Å². The molecule has 0 atom stereocenters. The number of thiazole rings is 1. The van der Waals surface area contributed by atoms with Crippen LogP contribution in [0.2, 0.25) is 5.02 Å². The summed E-state index contributed by atoms with van der Waals surface area (Å²) in [4.78, 5) is 4.27. The van der Waals surface area contributed by atoms with Crippen LogP contribution in [0.25, 0.3) is 0 Å². The highest BCUT2D eigenvalue weighted by Crippen LogP contribution is 2.27. The van der Waals surface area contributed by atoms with Gasteiger partial charge in [0, 0.05) is 16.9 Å². The Kier molecular flexibility index (Phi) is 4.62. The average molecular weight is 382 g/mol. The zero-order valence-electron chi connectivity index (χ0n) is 9.88. The maximum atomic E-state index is 12.4. The lowest BCUT2D eigenvalue weighted by Gasteiger charge is -2.16. The molecule has 0 aliphatic rings. The van der Waals surface area contributed by atoms with Crippen molar-refractivity contribution in [3.63, 3.8) is 0 Å². The predicted octanol–water partition coefficient (Wildman–Crippen LogP) is 3.38. The number of nitrogens with zero attached hydrogens (tertiary/aromatic N) is 2. The molecule has 2 rings (SSSR count). The standard InChI is InChI=1S/C11H10BrClN2O2S2/c1-15(5-8-6-18-7-14-8)19(16,17)9-2-3-11(13)10(12)4-9/h2-4,6-7H,5H2,1H3. The molecule has 0 fully saturated rings. The lowest BCUT2D eigenvalue weighted by atomic mass is 10.4. The molecular formula is C11H10BrClN2O2S2. The molecule has 1 aromatic heterocycles. The van der Waals surface area contributed by atoms with Gasteiger partial charge in [-0.25, -0.2) is 13.4 Å². The number of halogens is 2. The molecule has 2 aromatic rings. The van der Waals surface area contributed by atoms with Crippen molar-refractivity contribution < 1.29 is 8.42 Å². The molecule has 8 heteroatoms. The Balaban J connectivity index is 2.28. The van der Waals surface area contributed by atoms with E-state index in [0.717, 1.165) is 5.69 Å². The first kappa shape index (κ1) is 14.9. The van der Waals surface area contributed by atoms with Crippen LogP contribution >= 0.6 is 38.9 Å². The largest absolute Gasteiger partial charge is 0.248 e. The van der Waals surface area contributed by atoms with Gasteiger partial charge in [0.05, 0.1) is 27.7 Å². The minimum Gasteiger partial charge on any atom is -0.248 e. The first-order valence-electron chi connectivity index (χ1n) is 5.19. The highest BCUT2D eigenvalue weighted by atomic mass is 79.9. The molecule has 0 spiro atoms. The number of aromatic nitrogens is 1. The summed E-state index contributed by atoms with van der Waals surface area (Å²) >= 11 is 10.5. The van der Waals surface area contributed by atoms with Gasteiger partial charge in [-0.05, 0) is 34.1 Å². The maximum Gasteiger partial charge on any atom is 0.243 e. The van der Waals surface area contributed by atoms with Gasteiger partial charge < -0.3 is 0 Å². The number of benzene rings is 1. The van der Waals surface area contributed by atoms with E-state index in [1.165, 1.54) is 34.8 Å². The van der Waals surface area contributed by atoms with Crippen LogP contribution in [-0.2, 0) is 16.6 Å². The Morgan fingerprint density at radius 2 is 2.21 bits per heavy atom. The van der Waals surface area contributed by atoms with Crippen LogP contribution in [0.5, 0.6) is 0 Å². The molecule has 0 aliphatic carbocycles. The van der Waals surface area contributed by atoms with Gasteiger partial charge in [0.2, 0.25) is 10.0 Å². The highest BCUT2D eigenvalue weighted by molar-refractivity contribution is 9.10. The second-order valence-corrected chi connectivity index (χ2v) is 7.84. The Labute approximate surface area is 129 Å². The fourth-order valence-electron chi connectivity index (χ4n) is 1.45. The molecule has 0 unspecified atom stereocenters. The van der Waals surface area contributed by atoms with Crippen molar-refractivity contribution in [3.8, 4) is 0 Å². The van der Waals surface area contributed by atoms with E-state index in [-0.39, 0.29) is 11.4 Å². The lowest BCUT2D eigenvalue weighted by Crippen LogP contribution is -2.26. The van der Waals surface area contributed by atoms with E-state index in [2.05, 4.69) is 20.9 Å². The number of hydrogen-bond donors (Lipinski definition) is 0. The topological polar surface area (TPSA) is 50.3 Å². The molecule has 19 heavy (non-hydrogen) atoms. The van der Waals surface area contributed by atoms with Crippen LogP contribution in [0.4, 0.5) is 0 Å². The van der Waals surface area contributed by atoms with E-state index in [0.29, 0.717) is 9.50 Å². The monoisotopic (exact) mass is 380 g/mol. The van der Waals surface area contributed by atoms with E-state index in [1.807, 2.05) is 5.38 Å².